The van der Waals surface area contributed by atoms with Gasteiger partial charge >= 0.3 is 12.2 Å². The molecule has 0 saturated carbocycles. The van der Waals surface area contributed by atoms with E-state index in [1.54, 1.807) is 30.3 Å². The van der Waals surface area contributed by atoms with Gasteiger partial charge in [0.25, 0.3) is 5.89 Å². The molecule has 8 nitrogen and oxygen atoms in total. The summed E-state index contributed by atoms with van der Waals surface area (Å²) < 4.78 is 49.9. The van der Waals surface area contributed by atoms with Crippen molar-refractivity contribution in [2.24, 2.45) is 0 Å². The minimum absolute atomic E-state index is 0.0676. The van der Waals surface area contributed by atoms with Crippen LogP contribution >= 0.6 is 11.6 Å². The molecule has 33 heavy (non-hydrogen) atoms. The number of nitrogens with one attached hydrogen (secondary N) is 2. The number of amides is 2. The number of halogens is 4. The molecule has 4 aromatic rings. The average Bonchev–Trinajstić information content (AvgIpc) is 3.30. The van der Waals surface area contributed by atoms with Crippen molar-refractivity contribution in [1.29, 1.82) is 0 Å². The van der Waals surface area contributed by atoms with Crippen LogP contribution in [0.15, 0.2) is 71.6 Å². The van der Waals surface area contributed by atoms with E-state index in [2.05, 4.69) is 25.8 Å². The van der Waals surface area contributed by atoms with Crippen molar-refractivity contribution >= 4 is 29.0 Å². The Morgan fingerprint density at radius 1 is 1.00 bits per heavy atom. The van der Waals surface area contributed by atoms with Crippen LogP contribution < -0.4 is 15.4 Å². The van der Waals surface area contributed by atoms with E-state index < -0.39 is 22.8 Å². The van der Waals surface area contributed by atoms with Gasteiger partial charge in [0.15, 0.2) is 0 Å². The Bertz CT molecular complexity index is 1280. The van der Waals surface area contributed by atoms with E-state index in [1.807, 2.05) is 0 Å². The number of pyridine rings is 1. The van der Waals surface area contributed by atoms with E-state index in [1.165, 1.54) is 24.7 Å². The molecule has 0 bridgehead atoms. The lowest BCUT2D eigenvalue weighted by Crippen LogP contribution is -2.20. The summed E-state index contributed by atoms with van der Waals surface area (Å²) >= 11 is 5.59. The molecule has 2 heterocycles. The molecule has 0 aliphatic carbocycles. The second-order valence-corrected chi connectivity index (χ2v) is 6.93. The van der Waals surface area contributed by atoms with Crippen molar-refractivity contribution in [3.63, 3.8) is 0 Å². The summed E-state index contributed by atoms with van der Waals surface area (Å²) in [5.74, 6) is 1.05. The van der Waals surface area contributed by atoms with Gasteiger partial charge in [0.1, 0.15) is 17.2 Å². The highest BCUT2D eigenvalue weighted by molar-refractivity contribution is 6.31. The minimum atomic E-state index is -4.65. The number of alkyl halides is 3. The summed E-state index contributed by atoms with van der Waals surface area (Å²) in [6.45, 7) is 0. The van der Waals surface area contributed by atoms with Gasteiger partial charge in [-0.25, -0.2) is 4.79 Å². The Morgan fingerprint density at radius 3 is 2.48 bits per heavy atom. The summed E-state index contributed by atoms with van der Waals surface area (Å²) in [5, 5.41) is 11.8. The number of aromatic nitrogens is 3. The number of nitrogens with zero attached hydrogens (tertiary/aromatic N) is 3. The van der Waals surface area contributed by atoms with E-state index >= 15 is 0 Å². The lowest BCUT2D eigenvalue weighted by atomic mass is 10.2. The van der Waals surface area contributed by atoms with Gasteiger partial charge < -0.3 is 19.8 Å². The largest absolute Gasteiger partial charge is 0.457 e. The first-order valence-electron chi connectivity index (χ1n) is 9.23. The van der Waals surface area contributed by atoms with Crippen LogP contribution in [-0.2, 0) is 6.18 Å². The first-order valence-corrected chi connectivity index (χ1v) is 9.61. The predicted octanol–water partition coefficient (Wildman–Crippen LogP) is 6.24. The van der Waals surface area contributed by atoms with E-state index in [9.17, 15) is 18.0 Å². The highest BCUT2D eigenvalue weighted by Gasteiger charge is 2.33. The molecule has 4 rings (SSSR count). The molecule has 0 unspecified atom stereocenters. The van der Waals surface area contributed by atoms with Crippen molar-refractivity contribution in [1.82, 2.24) is 15.2 Å². The second kappa shape index (κ2) is 9.17. The van der Waals surface area contributed by atoms with E-state index in [0.29, 0.717) is 22.9 Å². The Labute approximate surface area is 189 Å². The van der Waals surface area contributed by atoms with Crippen LogP contribution in [0, 0.1) is 0 Å². The van der Waals surface area contributed by atoms with Gasteiger partial charge in [-0.1, -0.05) is 17.7 Å². The van der Waals surface area contributed by atoms with Gasteiger partial charge in [0, 0.05) is 29.7 Å². The maximum atomic E-state index is 13.0. The van der Waals surface area contributed by atoms with Gasteiger partial charge in [0.05, 0.1) is 10.6 Å². The van der Waals surface area contributed by atoms with Gasteiger partial charge in [0.2, 0.25) is 6.39 Å². The quantitative estimate of drug-likeness (QED) is 0.354. The monoisotopic (exact) mass is 475 g/mol. The number of urea groups is 1. The van der Waals surface area contributed by atoms with Crippen molar-refractivity contribution in [3.8, 4) is 23.1 Å². The maximum absolute atomic E-state index is 13.0. The summed E-state index contributed by atoms with van der Waals surface area (Å²) in [6.07, 6.45) is -1.96. The van der Waals surface area contributed by atoms with Crippen LogP contribution in [0.25, 0.3) is 11.6 Å². The predicted molar refractivity (Wildman–Crippen MR) is 113 cm³/mol. The fourth-order valence-corrected chi connectivity index (χ4v) is 2.99. The zero-order valence-corrected chi connectivity index (χ0v) is 17.2. The number of anilines is 2. The molecule has 2 N–H and O–H groups in total. The SMILES string of the molecule is O=C(Nc1cccc(Oc2ccnc(-c3nnco3)c2)c1)Nc1ccc(Cl)c(C(F)(F)F)c1. The maximum Gasteiger partial charge on any atom is 0.417 e. The Kier molecular flexibility index (Phi) is 6.13. The minimum Gasteiger partial charge on any atom is -0.457 e. The van der Waals surface area contributed by atoms with E-state index in [4.69, 9.17) is 20.8 Å². The van der Waals surface area contributed by atoms with Crippen LogP contribution in [0.3, 0.4) is 0 Å². The van der Waals surface area contributed by atoms with Gasteiger partial charge in [-0.05, 0) is 36.4 Å². The van der Waals surface area contributed by atoms with Crippen LogP contribution in [0.2, 0.25) is 5.02 Å². The summed E-state index contributed by atoms with van der Waals surface area (Å²) in [5.41, 5.74) is -0.349. The average molecular weight is 476 g/mol. The van der Waals surface area contributed by atoms with Crippen molar-refractivity contribution in [3.05, 3.63) is 77.8 Å². The fourth-order valence-electron chi connectivity index (χ4n) is 2.76. The molecule has 2 amide bonds. The van der Waals surface area contributed by atoms with Crippen LogP contribution in [0.5, 0.6) is 11.5 Å². The number of benzene rings is 2. The highest BCUT2D eigenvalue weighted by atomic mass is 35.5. The summed E-state index contributed by atoms with van der Waals surface area (Å²) in [4.78, 5) is 16.4. The zero-order chi connectivity index (χ0) is 23.4. The van der Waals surface area contributed by atoms with Gasteiger partial charge in [-0.3, -0.25) is 4.98 Å². The third kappa shape index (κ3) is 5.57. The Balaban J connectivity index is 1.44. The molecular formula is C21H13ClF3N5O3. The number of hydrogen-bond acceptors (Lipinski definition) is 6. The first kappa shape index (κ1) is 22.1. The lowest BCUT2D eigenvalue weighted by Gasteiger charge is -2.13. The van der Waals surface area contributed by atoms with Gasteiger partial charge in [-0.2, -0.15) is 13.2 Å². The highest BCUT2D eigenvalue weighted by Crippen LogP contribution is 2.36. The number of rotatable bonds is 5. The topological polar surface area (TPSA) is 102 Å². The molecule has 12 heteroatoms. The standard InChI is InChI=1S/C21H13ClF3N5O3/c22-17-5-4-13(9-16(17)21(23,24)25)29-20(31)28-12-2-1-3-14(8-12)33-15-6-7-26-18(10-15)19-30-27-11-32-19/h1-11H,(H2,28,29,31). The molecule has 0 spiro atoms. The van der Waals surface area contributed by atoms with Crippen molar-refractivity contribution < 1.29 is 27.1 Å². The normalized spacial score (nSPS) is 11.2. The second-order valence-electron chi connectivity index (χ2n) is 6.52. The molecular weight excluding hydrogens is 463 g/mol. The summed E-state index contributed by atoms with van der Waals surface area (Å²) in [7, 11) is 0. The molecule has 0 atom stereocenters. The smallest absolute Gasteiger partial charge is 0.417 e. The first-order chi connectivity index (χ1) is 15.8. The number of ether oxygens (including phenoxy) is 1. The number of carbonyl (C=O) groups excluding carboxylic acids is 1. The number of hydrogen-bond donors (Lipinski definition) is 2. The molecule has 0 saturated heterocycles. The molecule has 0 aliphatic heterocycles. The third-order valence-electron chi connectivity index (χ3n) is 4.17. The third-order valence-corrected chi connectivity index (χ3v) is 4.50. The van der Waals surface area contributed by atoms with Gasteiger partial charge in [-0.15, -0.1) is 10.2 Å². The van der Waals surface area contributed by atoms with Crippen LogP contribution in [0.4, 0.5) is 29.3 Å². The molecule has 168 valence electrons. The molecule has 0 aliphatic rings. The molecule has 2 aromatic carbocycles. The Morgan fingerprint density at radius 2 is 1.76 bits per heavy atom. The lowest BCUT2D eigenvalue weighted by molar-refractivity contribution is -0.137. The zero-order valence-electron chi connectivity index (χ0n) is 16.4. The fraction of sp³-hybridized carbons (Fsp3) is 0.0476. The molecule has 0 radical (unpaired) electrons. The molecule has 0 fully saturated rings. The van der Waals surface area contributed by atoms with Crippen LogP contribution in [0.1, 0.15) is 5.56 Å². The van der Waals surface area contributed by atoms with Crippen molar-refractivity contribution in [2.45, 2.75) is 6.18 Å². The molecule has 2 aromatic heterocycles. The van der Waals surface area contributed by atoms with Crippen molar-refractivity contribution in [2.75, 3.05) is 10.6 Å². The summed E-state index contributed by atoms with van der Waals surface area (Å²) in [6, 6.07) is 12.0. The van der Waals surface area contributed by atoms with E-state index in [0.717, 1.165) is 12.1 Å². The number of carbonyl (C=O) groups is 1. The Hall–Kier alpha value is -4.12. The van der Waals surface area contributed by atoms with E-state index in [-0.39, 0.29) is 11.6 Å². The van der Waals surface area contributed by atoms with Crippen LogP contribution in [-0.4, -0.2) is 21.2 Å².